The fourth-order valence-corrected chi connectivity index (χ4v) is 1.20. The molecule has 0 radical (unpaired) electrons. The molecule has 4 heteroatoms. The van der Waals surface area contributed by atoms with Crippen molar-refractivity contribution in [2.45, 2.75) is 6.42 Å². The standard InChI is InChI=1S/C9H7ClN2O/c10-8-2-1-6(5-11)7(3-8)4-9(12)13/h1-3H,4H2,(H2,12,13). The number of primary amides is 1. The van der Waals surface area contributed by atoms with Gasteiger partial charge in [0.2, 0.25) is 5.91 Å². The van der Waals surface area contributed by atoms with Crippen LogP contribution in [0.3, 0.4) is 0 Å². The molecule has 0 fully saturated rings. The van der Waals surface area contributed by atoms with E-state index in [2.05, 4.69) is 0 Å². The van der Waals surface area contributed by atoms with Crippen molar-refractivity contribution in [3.05, 3.63) is 34.3 Å². The molecule has 0 saturated heterocycles. The van der Waals surface area contributed by atoms with E-state index in [9.17, 15) is 4.79 Å². The summed E-state index contributed by atoms with van der Waals surface area (Å²) in [7, 11) is 0. The molecule has 3 nitrogen and oxygen atoms in total. The molecule has 1 aromatic carbocycles. The van der Waals surface area contributed by atoms with Gasteiger partial charge >= 0.3 is 0 Å². The van der Waals surface area contributed by atoms with Gasteiger partial charge in [-0.2, -0.15) is 5.26 Å². The summed E-state index contributed by atoms with van der Waals surface area (Å²) in [4.78, 5) is 10.6. The van der Waals surface area contributed by atoms with Crippen LogP contribution in [0.4, 0.5) is 0 Å². The normalized spacial score (nSPS) is 9.23. The number of halogens is 1. The van der Waals surface area contributed by atoms with Gasteiger partial charge in [-0.25, -0.2) is 0 Å². The molecular formula is C9H7ClN2O. The SMILES string of the molecule is N#Cc1ccc(Cl)cc1CC(N)=O. The van der Waals surface area contributed by atoms with Crippen molar-refractivity contribution < 1.29 is 4.79 Å². The highest BCUT2D eigenvalue weighted by atomic mass is 35.5. The molecular weight excluding hydrogens is 188 g/mol. The predicted molar refractivity (Wildman–Crippen MR) is 49.1 cm³/mol. The minimum atomic E-state index is -0.473. The number of nitrogens with zero attached hydrogens (tertiary/aromatic N) is 1. The van der Waals surface area contributed by atoms with Gasteiger partial charge in [0.1, 0.15) is 0 Å². The highest BCUT2D eigenvalue weighted by Gasteiger charge is 2.05. The second-order valence-electron chi connectivity index (χ2n) is 2.56. The third-order valence-electron chi connectivity index (χ3n) is 1.55. The first-order chi connectivity index (χ1) is 6.13. The summed E-state index contributed by atoms with van der Waals surface area (Å²) in [6.07, 6.45) is 0.0451. The van der Waals surface area contributed by atoms with Crippen LogP contribution < -0.4 is 5.73 Å². The number of nitrogens with two attached hydrogens (primary N) is 1. The van der Waals surface area contributed by atoms with Gasteiger partial charge in [-0.3, -0.25) is 4.79 Å². The van der Waals surface area contributed by atoms with Crippen molar-refractivity contribution in [1.29, 1.82) is 5.26 Å². The van der Waals surface area contributed by atoms with Gasteiger partial charge in [0.25, 0.3) is 0 Å². The first-order valence-electron chi connectivity index (χ1n) is 3.60. The summed E-state index contributed by atoms with van der Waals surface area (Å²) in [6, 6.07) is 6.71. The van der Waals surface area contributed by atoms with E-state index in [0.717, 1.165) is 0 Å². The number of carbonyl (C=O) groups is 1. The minimum absolute atomic E-state index is 0.0451. The van der Waals surface area contributed by atoms with Crippen molar-refractivity contribution in [3.63, 3.8) is 0 Å². The Labute approximate surface area is 80.7 Å². The molecule has 1 amide bonds. The van der Waals surface area contributed by atoms with Crippen LogP contribution in [-0.2, 0) is 11.2 Å². The van der Waals surface area contributed by atoms with Crippen LogP contribution in [0.15, 0.2) is 18.2 Å². The molecule has 2 N–H and O–H groups in total. The van der Waals surface area contributed by atoms with E-state index < -0.39 is 5.91 Å². The first kappa shape index (κ1) is 9.56. The number of nitriles is 1. The smallest absolute Gasteiger partial charge is 0.221 e. The van der Waals surface area contributed by atoms with Crippen molar-refractivity contribution in [3.8, 4) is 6.07 Å². The Kier molecular flexibility index (Phi) is 2.88. The lowest BCUT2D eigenvalue weighted by Crippen LogP contribution is -2.14. The molecule has 0 saturated carbocycles. The summed E-state index contributed by atoms with van der Waals surface area (Å²) in [5.74, 6) is -0.473. The average molecular weight is 195 g/mol. The number of hydrogen-bond donors (Lipinski definition) is 1. The quantitative estimate of drug-likeness (QED) is 0.770. The zero-order valence-corrected chi connectivity index (χ0v) is 7.51. The molecule has 0 bridgehead atoms. The highest BCUT2D eigenvalue weighted by Crippen LogP contribution is 2.15. The Morgan fingerprint density at radius 3 is 2.85 bits per heavy atom. The lowest BCUT2D eigenvalue weighted by Gasteiger charge is -2.00. The maximum absolute atomic E-state index is 10.6. The lowest BCUT2D eigenvalue weighted by atomic mass is 10.1. The number of benzene rings is 1. The van der Waals surface area contributed by atoms with Crippen LogP contribution >= 0.6 is 11.6 Å². The van der Waals surface area contributed by atoms with Crippen molar-refractivity contribution >= 4 is 17.5 Å². The predicted octanol–water partition coefficient (Wildman–Crippen LogP) is 1.24. The maximum atomic E-state index is 10.6. The lowest BCUT2D eigenvalue weighted by molar-refractivity contribution is -0.117. The molecule has 0 unspecified atom stereocenters. The number of rotatable bonds is 2. The van der Waals surface area contributed by atoms with Crippen LogP contribution in [0.25, 0.3) is 0 Å². The van der Waals surface area contributed by atoms with Crippen LogP contribution in [0.5, 0.6) is 0 Å². The summed E-state index contributed by atoms with van der Waals surface area (Å²) < 4.78 is 0. The van der Waals surface area contributed by atoms with Crippen molar-refractivity contribution in [1.82, 2.24) is 0 Å². The Morgan fingerprint density at radius 1 is 1.62 bits per heavy atom. The third kappa shape index (κ3) is 2.46. The maximum Gasteiger partial charge on any atom is 0.221 e. The van der Waals surface area contributed by atoms with Crippen molar-refractivity contribution in [2.24, 2.45) is 5.73 Å². The average Bonchev–Trinajstić information content (AvgIpc) is 2.03. The van der Waals surface area contributed by atoms with Crippen LogP contribution in [-0.4, -0.2) is 5.91 Å². The fraction of sp³-hybridized carbons (Fsp3) is 0.111. The summed E-state index contributed by atoms with van der Waals surface area (Å²) in [6.45, 7) is 0. The molecule has 0 spiro atoms. The summed E-state index contributed by atoms with van der Waals surface area (Å²) in [5, 5.41) is 9.17. The summed E-state index contributed by atoms with van der Waals surface area (Å²) in [5.41, 5.74) is 6.01. The topological polar surface area (TPSA) is 66.9 Å². The molecule has 13 heavy (non-hydrogen) atoms. The number of amides is 1. The molecule has 0 aliphatic rings. The van der Waals surface area contributed by atoms with E-state index in [1.807, 2.05) is 6.07 Å². The van der Waals surface area contributed by atoms with Gasteiger partial charge in [-0.15, -0.1) is 0 Å². The molecule has 66 valence electrons. The van der Waals surface area contributed by atoms with Gasteiger partial charge in [0.05, 0.1) is 18.1 Å². The Hall–Kier alpha value is -1.53. The molecule has 0 aliphatic heterocycles. The van der Waals surface area contributed by atoms with E-state index in [-0.39, 0.29) is 6.42 Å². The number of carbonyl (C=O) groups excluding carboxylic acids is 1. The summed E-state index contributed by atoms with van der Waals surface area (Å²) >= 11 is 5.70. The van der Waals surface area contributed by atoms with Gasteiger partial charge in [0, 0.05) is 5.02 Å². The van der Waals surface area contributed by atoms with Crippen LogP contribution in [0.2, 0.25) is 5.02 Å². The highest BCUT2D eigenvalue weighted by molar-refractivity contribution is 6.30. The van der Waals surface area contributed by atoms with Gasteiger partial charge in [0.15, 0.2) is 0 Å². The largest absolute Gasteiger partial charge is 0.369 e. The zero-order chi connectivity index (χ0) is 9.84. The molecule has 0 heterocycles. The van der Waals surface area contributed by atoms with E-state index in [0.29, 0.717) is 16.1 Å². The fourth-order valence-electron chi connectivity index (χ4n) is 1.01. The minimum Gasteiger partial charge on any atom is -0.369 e. The first-order valence-corrected chi connectivity index (χ1v) is 3.98. The second kappa shape index (κ2) is 3.92. The van der Waals surface area contributed by atoms with Gasteiger partial charge < -0.3 is 5.73 Å². The third-order valence-corrected chi connectivity index (χ3v) is 1.79. The Morgan fingerprint density at radius 2 is 2.31 bits per heavy atom. The molecule has 0 atom stereocenters. The Balaban J connectivity index is 3.10. The van der Waals surface area contributed by atoms with Gasteiger partial charge in [-0.05, 0) is 23.8 Å². The zero-order valence-electron chi connectivity index (χ0n) is 6.75. The molecule has 1 rings (SSSR count). The Bertz CT molecular complexity index is 382. The second-order valence-corrected chi connectivity index (χ2v) is 2.99. The van der Waals surface area contributed by atoms with Crippen molar-refractivity contribution in [2.75, 3.05) is 0 Å². The molecule has 0 aliphatic carbocycles. The van der Waals surface area contributed by atoms with E-state index in [1.165, 1.54) is 0 Å². The van der Waals surface area contributed by atoms with Gasteiger partial charge in [-0.1, -0.05) is 11.6 Å². The monoisotopic (exact) mass is 194 g/mol. The van der Waals surface area contributed by atoms with E-state index >= 15 is 0 Å². The number of hydrogen-bond acceptors (Lipinski definition) is 2. The molecule has 0 aromatic heterocycles. The molecule has 1 aromatic rings. The van der Waals surface area contributed by atoms with Crippen LogP contribution in [0.1, 0.15) is 11.1 Å². The van der Waals surface area contributed by atoms with E-state index in [1.54, 1.807) is 18.2 Å². The van der Waals surface area contributed by atoms with E-state index in [4.69, 9.17) is 22.6 Å². The van der Waals surface area contributed by atoms with Crippen LogP contribution in [0, 0.1) is 11.3 Å².